The van der Waals surface area contributed by atoms with Crippen molar-refractivity contribution in [2.75, 3.05) is 0 Å². The van der Waals surface area contributed by atoms with E-state index in [2.05, 4.69) is 0 Å². The summed E-state index contributed by atoms with van der Waals surface area (Å²) in [5.41, 5.74) is 3.37. The summed E-state index contributed by atoms with van der Waals surface area (Å²) < 4.78 is 39.6. The van der Waals surface area contributed by atoms with E-state index >= 15 is 0 Å². The van der Waals surface area contributed by atoms with E-state index in [1.807, 2.05) is 0 Å². The van der Waals surface area contributed by atoms with Gasteiger partial charge in [0.15, 0.2) is 0 Å². The Kier molecular flexibility index (Phi) is 2.15. The van der Waals surface area contributed by atoms with Crippen molar-refractivity contribution < 1.29 is 13.2 Å². The third kappa shape index (κ3) is 1.22. The molecule has 2 N–H and O–H groups in total. The molecule has 16 heavy (non-hydrogen) atoms. The number of hydrogen-bond acceptors (Lipinski definition) is 1. The molecule has 1 nitrogen and oxygen atoms in total. The summed E-state index contributed by atoms with van der Waals surface area (Å²) in [6, 6.07) is 6.56. The van der Waals surface area contributed by atoms with Crippen LogP contribution in [-0.4, -0.2) is 6.18 Å². The van der Waals surface area contributed by atoms with Crippen LogP contribution in [0, 0.1) is 5.41 Å². The molecule has 0 amide bonds. The van der Waals surface area contributed by atoms with Gasteiger partial charge in [0.2, 0.25) is 0 Å². The molecule has 0 fully saturated rings. The van der Waals surface area contributed by atoms with Crippen LogP contribution < -0.4 is 5.73 Å². The van der Waals surface area contributed by atoms with E-state index in [4.69, 9.17) is 5.73 Å². The molecule has 0 bridgehead atoms. The van der Waals surface area contributed by atoms with E-state index in [0.717, 1.165) is 0 Å². The largest absolute Gasteiger partial charge is 0.411 e. The van der Waals surface area contributed by atoms with Gasteiger partial charge < -0.3 is 5.73 Å². The fourth-order valence-electron chi connectivity index (χ4n) is 2.58. The predicted octanol–water partition coefficient (Wildman–Crippen LogP) is 2.99. The first-order chi connectivity index (χ1) is 7.20. The van der Waals surface area contributed by atoms with Crippen molar-refractivity contribution in [2.45, 2.75) is 32.0 Å². The average Bonchev–Trinajstić information content (AvgIpc) is 2.35. The van der Waals surface area contributed by atoms with Crippen molar-refractivity contribution in [3.8, 4) is 0 Å². The van der Waals surface area contributed by atoms with Gasteiger partial charge in [0.25, 0.3) is 0 Å². The van der Waals surface area contributed by atoms with Gasteiger partial charge in [-0.2, -0.15) is 13.2 Å². The summed E-state index contributed by atoms with van der Waals surface area (Å²) in [6.45, 7) is 3.14. The molecule has 0 aliphatic heterocycles. The standard InChI is InChI=1S/C12H14F3N/c1-10(2)7-8-5-3-4-6-9(8)11(10,16)12(13,14)15/h3-6H,7,16H2,1-2H3. The fraction of sp³-hybridized carbons (Fsp3) is 0.500. The van der Waals surface area contributed by atoms with Crippen LogP contribution in [0.25, 0.3) is 0 Å². The lowest BCUT2D eigenvalue weighted by Gasteiger charge is -2.40. The highest BCUT2D eigenvalue weighted by molar-refractivity contribution is 5.43. The van der Waals surface area contributed by atoms with Crippen molar-refractivity contribution in [1.82, 2.24) is 0 Å². The van der Waals surface area contributed by atoms with Crippen LogP contribution >= 0.6 is 0 Å². The number of benzene rings is 1. The van der Waals surface area contributed by atoms with Gasteiger partial charge in [-0.15, -0.1) is 0 Å². The minimum Gasteiger partial charge on any atom is -0.313 e. The summed E-state index contributed by atoms with van der Waals surface area (Å²) >= 11 is 0. The lowest BCUT2D eigenvalue weighted by molar-refractivity contribution is -0.216. The van der Waals surface area contributed by atoms with Gasteiger partial charge in [0, 0.05) is 0 Å². The molecule has 2 rings (SSSR count). The summed E-state index contributed by atoms with van der Waals surface area (Å²) in [7, 11) is 0. The molecule has 1 atom stereocenters. The first-order valence-corrected chi connectivity index (χ1v) is 5.14. The van der Waals surface area contributed by atoms with E-state index in [0.29, 0.717) is 12.0 Å². The van der Waals surface area contributed by atoms with Gasteiger partial charge in [-0.1, -0.05) is 38.1 Å². The molecule has 0 saturated heterocycles. The van der Waals surface area contributed by atoms with Crippen molar-refractivity contribution in [1.29, 1.82) is 0 Å². The van der Waals surface area contributed by atoms with Crippen LogP contribution in [0.2, 0.25) is 0 Å². The smallest absolute Gasteiger partial charge is 0.313 e. The van der Waals surface area contributed by atoms with Crippen molar-refractivity contribution >= 4 is 0 Å². The molecule has 1 aromatic rings. The number of fused-ring (bicyclic) bond motifs is 1. The quantitative estimate of drug-likeness (QED) is 0.727. The Hall–Kier alpha value is -1.03. The first-order valence-electron chi connectivity index (χ1n) is 5.14. The SMILES string of the molecule is CC1(C)Cc2ccccc2C1(N)C(F)(F)F. The van der Waals surface area contributed by atoms with Crippen LogP contribution in [0.3, 0.4) is 0 Å². The van der Waals surface area contributed by atoms with Crippen LogP contribution in [-0.2, 0) is 12.0 Å². The first kappa shape index (κ1) is 11.5. The maximum absolute atomic E-state index is 13.2. The van der Waals surface area contributed by atoms with E-state index in [1.165, 1.54) is 6.07 Å². The highest BCUT2D eigenvalue weighted by Crippen LogP contribution is 2.55. The molecule has 1 aliphatic carbocycles. The van der Waals surface area contributed by atoms with E-state index in [1.54, 1.807) is 32.0 Å². The molecule has 0 heterocycles. The van der Waals surface area contributed by atoms with Crippen LogP contribution in [0.15, 0.2) is 24.3 Å². The van der Waals surface area contributed by atoms with E-state index < -0.39 is 17.1 Å². The van der Waals surface area contributed by atoms with Crippen molar-refractivity contribution in [3.05, 3.63) is 35.4 Å². The number of rotatable bonds is 0. The van der Waals surface area contributed by atoms with E-state index in [9.17, 15) is 13.2 Å². The maximum atomic E-state index is 13.2. The topological polar surface area (TPSA) is 26.0 Å². The molecule has 0 spiro atoms. The Morgan fingerprint density at radius 3 is 2.31 bits per heavy atom. The average molecular weight is 229 g/mol. The Morgan fingerprint density at radius 2 is 1.75 bits per heavy atom. The predicted molar refractivity (Wildman–Crippen MR) is 55.8 cm³/mol. The second-order valence-electron chi connectivity index (χ2n) is 5.02. The summed E-state index contributed by atoms with van der Waals surface area (Å²) in [5.74, 6) is 0. The fourth-order valence-corrected chi connectivity index (χ4v) is 2.58. The molecule has 0 aromatic heterocycles. The molecule has 4 heteroatoms. The molecule has 1 aromatic carbocycles. The molecular formula is C12H14F3N. The second-order valence-corrected chi connectivity index (χ2v) is 5.02. The van der Waals surface area contributed by atoms with Gasteiger partial charge in [0.05, 0.1) is 0 Å². The zero-order valence-corrected chi connectivity index (χ0v) is 9.23. The zero-order chi connectivity index (χ0) is 12.2. The van der Waals surface area contributed by atoms with Gasteiger partial charge in [-0.05, 0) is 23.0 Å². The second kappa shape index (κ2) is 3.00. The summed E-state index contributed by atoms with van der Waals surface area (Å²) in [6.07, 6.45) is -4.07. The van der Waals surface area contributed by atoms with Crippen LogP contribution in [0.4, 0.5) is 13.2 Å². The minimum atomic E-state index is -4.43. The van der Waals surface area contributed by atoms with Gasteiger partial charge in [-0.3, -0.25) is 0 Å². The molecule has 1 aliphatic rings. The van der Waals surface area contributed by atoms with E-state index in [-0.39, 0.29) is 5.56 Å². The number of alkyl halides is 3. The maximum Gasteiger partial charge on any atom is 0.411 e. The van der Waals surface area contributed by atoms with Crippen LogP contribution in [0.1, 0.15) is 25.0 Å². The van der Waals surface area contributed by atoms with Gasteiger partial charge in [-0.25, -0.2) is 0 Å². The highest BCUT2D eigenvalue weighted by Gasteiger charge is 2.65. The molecule has 0 saturated carbocycles. The Morgan fingerprint density at radius 1 is 1.19 bits per heavy atom. The summed E-state index contributed by atoms with van der Waals surface area (Å²) in [5, 5.41) is 0. The third-order valence-corrected chi connectivity index (χ3v) is 3.59. The lowest BCUT2D eigenvalue weighted by atomic mass is 9.73. The Balaban J connectivity index is 2.68. The van der Waals surface area contributed by atoms with Crippen LogP contribution in [0.5, 0.6) is 0 Å². The molecule has 0 radical (unpaired) electrons. The molecular weight excluding hydrogens is 215 g/mol. The summed E-state index contributed by atoms with van der Waals surface area (Å²) in [4.78, 5) is 0. The highest BCUT2D eigenvalue weighted by atomic mass is 19.4. The molecule has 88 valence electrons. The van der Waals surface area contributed by atoms with Gasteiger partial charge in [0.1, 0.15) is 5.54 Å². The van der Waals surface area contributed by atoms with Crippen molar-refractivity contribution in [2.24, 2.45) is 11.1 Å². The number of halogens is 3. The number of hydrogen-bond donors (Lipinski definition) is 1. The normalized spacial score (nSPS) is 27.9. The molecule has 1 unspecified atom stereocenters. The lowest BCUT2D eigenvalue weighted by Crippen LogP contribution is -2.57. The van der Waals surface area contributed by atoms with Gasteiger partial charge >= 0.3 is 6.18 Å². The monoisotopic (exact) mass is 229 g/mol. The number of nitrogens with two attached hydrogens (primary N) is 1. The minimum absolute atomic E-state index is 0.215. The van der Waals surface area contributed by atoms with Crippen molar-refractivity contribution in [3.63, 3.8) is 0 Å². The zero-order valence-electron chi connectivity index (χ0n) is 9.23. The Bertz CT molecular complexity index is 423. The third-order valence-electron chi connectivity index (χ3n) is 3.59. The Labute approximate surface area is 92.5 Å².